The minimum atomic E-state index is -1.50. The average molecular weight is 1350 g/mol. The van der Waals surface area contributed by atoms with Crippen molar-refractivity contribution < 1.29 is 62.5 Å². The fourth-order valence-corrected chi connectivity index (χ4v) is 11.9. The van der Waals surface area contributed by atoms with Gasteiger partial charge in [0.05, 0.1) is 31.7 Å². The number of guanidine groups is 2. The fraction of sp³-hybridized carbons (Fsp3) is 0.529. The van der Waals surface area contributed by atoms with Gasteiger partial charge in [-0.2, -0.15) is 0 Å². The van der Waals surface area contributed by atoms with Crippen molar-refractivity contribution in [1.29, 1.82) is 0 Å². The monoisotopic (exact) mass is 1340 g/mol. The van der Waals surface area contributed by atoms with E-state index in [1.165, 1.54) is 29.4 Å². The molecule has 1 aliphatic rings. The number of benzene rings is 3. The molecule has 2 heterocycles. The molecule has 5 rings (SSSR count). The maximum Gasteiger partial charge on any atom is 0.243 e. The Kier molecular flexibility index (Phi) is 33.6. The molecule has 1 fully saturated rings. The number of pyridine rings is 1. The van der Waals surface area contributed by atoms with E-state index in [-0.39, 0.29) is 126 Å². The van der Waals surface area contributed by atoms with E-state index in [1.54, 1.807) is 31.4 Å². The first-order valence-corrected chi connectivity index (χ1v) is 33.4. The summed E-state index contributed by atoms with van der Waals surface area (Å²) in [5, 5.41) is 23.1. The first-order chi connectivity index (χ1) is 46.4. The maximum absolute atomic E-state index is 15.2. The summed E-state index contributed by atoms with van der Waals surface area (Å²) in [5.74, 6) is -10.0. The molecule has 7 amide bonds. The molecule has 27 nitrogen and oxygen atoms in total. The number of unbranched alkanes of at least 4 members (excludes halogenated alkanes) is 3. The van der Waals surface area contributed by atoms with Gasteiger partial charge in [0.25, 0.3) is 0 Å². The Morgan fingerprint density at radius 2 is 1.18 bits per heavy atom. The smallest absolute Gasteiger partial charge is 0.243 e. The first kappa shape index (κ1) is 78.3. The predicted molar refractivity (Wildman–Crippen MR) is 367 cm³/mol. The van der Waals surface area contributed by atoms with Gasteiger partial charge in [-0.25, -0.2) is 0 Å². The van der Waals surface area contributed by atoms with Crippen LogP contribution >= 0.6 is 0 Å². The van der Waals surface area contributed by atoms with E-state index in [0.29, 0.717) is 43.8 Å². The Labute approximate surface area is 567 Å². The van der Waals surface area contributed by atoms with Crippen LogP contribution in [0.1, 0.15) is 133 Å². The normalized spacial score (nSPS) is 15.0. The van der Waals surface area contributed by atoms with Crippen LogP contribution in [0.25, 0.3) is 10.8 Å². The second-order valence-electron chi connectivity index (χ2n) is 25.3. The van der Waals surface area contributed by atoms with E-state index in [1.807, 2.05) is 56.3 Å². The molecule has 0 saturated carbocycles. The number of nitrogens with zero attached hydrogens (tertiary/aromatic N) is 4. The summed E-state index contributed by atoms with van der Waals surface area (Å²) in [7, 11) is 1.61. The van der Waals surface area contributed by atoms with Crippen molar-refractivity contribution in [3.05, 3.63) is 108 Å². The maximum atomic E-state index is 15.2. The standard InChI is InChI=1S/C70H100N14O13/c1-44(2)35-51(42-61(88)57(39-47-19-22-48-13-7-8-14-49(48)37-47)82-65(92)52(36-45-20-23-53(85)24-21-45)40-54(86)16-6-4-5-9-32-97-34-33-96-3)64(91)81-56(38-46-25-29-77-30-26-46)60(87)41-50(15-10-27-78-69(73)74)68(95)84-31-12-18-59(84)67(94)80-55(17-11-28-79-70(75)76)66(93)83-58(63(72)90)43-62(71)89/h7-8,13-14,19-26,29-30,37,44,50-52,55-59,85H,4-6,9-12,15-18,27-28,31-36,38-43H2,1-3H3,(H2,71,89)(H2,72,90)(H,80,94)(H,81,91)(H,82,92)(H,83,93)(H4,73,74,78)(H4,75,76,79)/t50-,51-,52-,55+,56+,57+,58+,59+/m1/s1. The summed E-state index contributed by atoms with van der Waals surface area (Å²) in [6.45, 7) is 5.60. The molecule has 0 aliphatic carbocycles. The summed E-state index contributed by atoms with van der Waals surface area (Å²) in [6, 6.07) is 16.7. The van der Waals surface area contributed by atoms with Crippen molar-refractivity contribution in [3.8, 4) is 5.75 Å². The molecule has 17 N–H and O–H groups in total. The third-order valence-electron chi connectivity index (χ3n) is 16.9. The summed E-state index contributed by atoms with van der Waals surface area (Å²) < 4.78 is 10.6. The zero-order valence-electron chi connectivity index (χ0n) is 56.1. The number of aliphatic imine (C=N–C) groups is 2. The van der Waals surface area contributed by atoms with Crippen LogP contribution in [-0.2, 0) is 76.7 Å². The lowest BCUT2D eigenvalue weighted by atomic mass is 9.86. The molecule has 3 aromatic carbocycles. The molecule has 4 aromatic rings. The lowest BCUT2D eigenvalue weighted by Crippen LogP contribution is -2.56. The molecule has 1 aromatic heterocycles. The zero-order valence-corrected chi connectivity index (χ0v) is 56.1. The number of carbonyl (C=O) groups is 10. The molecular formula is C70H100N14O13. The topological polar surface area (TPSA) is 454 Å². The molecule has 8 atom stereocenters. The number of nitrogens with one attached hydrogen (secondary N) is 4. The van der Waals surface area contributed by atoms with Gasteiger partial charge in [0.2, 0.25) is 41.4 Å². The van der Waals surface area contributed by atoms with Gasteiger partial charge in [-0.05, 0) is 135 Å². The number of rotatable bonds is 46. The number of ketones is 3. The van der Waals surface area contributed by atoms with Gasteiger partial charge in [-0.1, -0.05) is 81.3 Å². The second-order valence-corrected chi connectivity index (χ2v) is 25.3. The predicted octanol–water partition coefficient (Wildman–Crippen LogP) is 2.75. The number of likely N-dealkylation sites (tertiary alicyclic amines) is 1. The molecule has 0 bridgehead atoms. The van der Waals surface area contributed by atoms with Crippen LogP contribution in [0.4, 0.5) is 0 Å². The Balaban J connectivity index is 1.43. The molecular weight excluding hydrogens is 1240 g/mol. The first-order valence-electron chi connectivity index (χ1n) is 33.4. The number of phenols is 1. The number of fused-ring (bicyclic) bond motifs is 1. The summed E-state index contributed by atoms with van der Waals surface area (Å²) in [4.78, 5) is 155. The average Bonchev–Trinajstić information content (AvgIpc) is 1.82. The number of Topliss-reactive ketones (excluding diaryl/α,β-unsaturated/α-hetero) is 3. The van der Waals surface area contributed by atoms with Gasteiger partial charge < -0.3 is 75.1 Å². The van der Waals surface area contributed by atoms with Crippen LogP contribution in [0, 0.1) is 23.7 Å². The molecule has 1 saturated heterocycles. The summed E-state index contributed by atoms with van der Waals surface area (Å²) in [6.07, 6.45) is 6.08. The molecule has 27 heteroatoms. The number of aromatic nitrogens is 1. The van der Waals surface area contributed by atoms with Crippen LogP contribution in [0.2, 0.25) is 0 Å². The van der Waals surface area contributed by atoms with E-state index in [0.717, 1.165) is 35.6 Å². The number of carbonyl (C=O) groups excluding carboxylic acids is 10. The van der Waals surface area contributed by atoms with Gasteiger partial charge >= 0.3 is 0 Å². The van der Waals surface area contributed by atoms with Crippen LogP contribution in [0.3, 0.4) is 0 Å². The van der Waals surface area contributed by atoms with Gasteiger partial charge in [0, 0.05) is 89.2 Å². The van der Waals surface area contributed by atoms with Crippen molar-refractivity contribution in [2.45, 2.75) is 166 Å². The Morgan fingerprint density at radius 1 is 0.588 bits per heavy atom. The number of methoxy groups -OCH3 is 1. The van der Waals surface area contributed by atoms with Crippen LogP contribution in [0.15, 0.2) is 101 Å². The number of nitrogens with two attached hydrogens (primary N) is 6. The molecule has 1 aliphatic heterocycles. The Morgan fingerprint density at radius 3 is 1.80 bits per heavy atom. The van der Waals surface area contributed by atoms with Crippen LogP contribution < -0.4 is 55.7 Å². The van der Waals surface area contributed by atoms with E-state index < -0.39 is 114 Å². The van der Waals surface area contributed by atoms with Crippen molar-refractivity contribution in [2.24, 2.45) is 68.1 Å². The lowest BCUT2D eigenvalue weighted by Gasteiger charge is -2.30. The Bertz CT molecular complexity index is 3310. The molecule has 528 valence electrons. The van der Waals surface area contributed by atoms with E-state index in [2.05, 4.69) is 36.2 Å². The fourth-order valence-electron chi connectivity index (χ4n) is 11.9. The SMILES string of the molecule is COCCOCCCCCCC(=O)C[C@@H](Cc1ccc(O)cc1)C(=O)N[C@@H](Cc1ccc2ccccc2c1)C(=O)C[C@@H](CC(C)C)C(=O)N[C@@H](Cc1ccncc1)C(=O)C[C@@H](CCCN=C(N)N)C(=O)N1CCC[C@H]1C(=O)N[C@@H](CCCN=C(N)N)C(=O)N[C@@H](CC(N)=O)C(N)=O. The lowest BCUT2D eigenvalue weighted by molar-refractivity contribution is -0.144. The Hall–Kier alpha value is -9.37. The number of primary amides is 2. The van der Waals surface area contributed by atoms with Crippen molar-refractivity contribution in [1.82, 2.24) is 31.2 Å². The zero-order chi connectivity index (χ0) is 70.8. The van der Waals surface area contributed by atoms with E-state index in [4.69, 9.17) is 43.9 Å². The third-order valence-corrected chi connectivity index (χ3v) is 16.9. The highest BCUT2D eigenvalue weighted by Gasteiger charge is 2.41. The van der Waals surface area contributed by atoms with Crippen molar-refractivity contribution in [2.75, 3.05) is 46.6 Å². The number of phenolic OH excluding ortho intramolecular Hbond substituents is 1. The van der Waals surface area contributed by atoms with Crippen molar-refractivity contribution >= 4 is 81.4 Å². The number of aromatic hydroxyl groups is 1. The number of amides is 7. The summed E-state index contributed by atoms with van der Waals surface area (Å²) in [5.41, 5.74) is 35.1. The van der Waals surface area contributed by atoms with E-state index in [9.17, 15) is 33.9 Å². The highest BCUT2D eigenvalue weighted by molar-refractivity contribution is 5.99. The largest absolute Gasteiger partial charge is 0.508 e. The molecule has 0 spiro atoms. The van der Waals surface area contributed by atoms with Crippen LogP contribution in [-0.4, -0.2) is 162 Å². The van der Waals surface area contributed by atoms with Gasteiger partial charge in [-0.15, -0.1) is 0 Å². The second kappa shape index (κ2) is 41.6. The van der Waals surface area contributed by atoms with Gasteiger partial charge in [0.15, 0.2) is 23.5 Å². The minimum absolute atomic E-state index is 0.0282. The van der Waals surface area contributed by atoms with E-state index >= 15 is 19.2 Å². The molecule has 0 unspecified atom stereocenters. The number of ether oxygens (including phenoxy) is 2. The molecule has 97 heavy (non-hydrogen) atoms. The highest BCUT2D eigenvalue weighted by atomic mass is 16.5. The molecule has 0 radical (unpaired) electrons. The number of hydrogen-bond acceptors (Lipinski definition) is 16. The minimum Gasteiger partial charge on any atom is -0.508 e. The number of hydrogen-bond donors (Lipinski definition) is 11. The van der Waals surface area contributed by atoms with Crippen molar-refractivity contribution in [3.63, 3.8) is 0 Å². The third kappa shape index (κ3) is 28.5. The van der Waals surface area contributed by atoms with Crippen LogP contribution in [0.5, 0.6) is 5.75 Å². The quantitative estimate of drug-likeness (QED) is 0.0172. The van der Waals surface area contributed by atoms with Gasteiger partial charge in [-0.3, -0.25) is 62.9 Å². The van der Waals surface area contributed by atoms with Gasteiger partial charge in [0.1, 0.15) is 29.7 Å². The highest BCUT2D eigenvalue weighted by Crippen LogP contribution is 2.28. The summed E-state index contributed by atoms with van der Waals surface area (Å²) >= 11 is 0.